The van der Waals surface area contributed by atoms with Gasteiger partial charge in [-0.3, -0.25) is 4.57 Å². The van der Waals surface area contributed by atoms with Crippen molar-refractivity contribution in [2.75, 3.05) is 25.1 Å². The lowest BCUT2D eigenvalue weighted by atomic mass is 10.2. The number of sulfonamides is 1. The molecular formula is C25H29ClN6O5SSi. The molecule has 39 heavy (non-hydrogen) atoms. The first-order valence-corrected chi connectivity index (χ1v) is 17.5. The summed E-state index contributed by atoms with van der Waals surface area (Å²) in [4.78, 5) is 8.12. The summed E-state index contributed by atoms with van der Waals surface area (Å²) in [6.07, 6.45) is 5.60. The first-order chi connectivity index (χ1) is 18.5. The molecule has 0 amide bonds. The lowest BCUT2D eigenvalue weighted by Crippen LogP contribution is -2.36. The normalized spacial score (nSPS) is 12.2. The van der Waals surface area contributed by atoms with Gasteiger partial charge in [-0.2, -0.15) is 0 Å². The number of aromatic nitrogens is 5. The summed E-state index contributed by atoms with van der Waals surface area (Å²) in [6.45, 7) is 6.66. The second kappa shape index (κ2) is 11.6. The third-order valence-corrected chi connectivity index (χ3v) is 9.00. The van der Waals surface area contributed by atoms with E-state index in [1.807, 2.05) is 0 Å². The van der Waals surface area contributed by atoms with Crippen LogP contribution < -0.4 is 13.8 Å². The minimum Gasteiger partial charge on any atom is -0.494 e. The maximum absolute atomic E-state index is 13.9. The van der Waals surface area contributed by atoms with Crippen LogP contribution in [0.5, 0.6) is 11.5 Å². The van der Waals surface area contributed by atoms with Crippen molar-refractivity contribution in [2.24, 2.45) is 0 Å². The van der Waals surface area contributed by atoms with Gasteiger partial charge >= 0.3 is 0 Å². The summed E-state index contributed by atoms with van der Waals surface area (Å²) < 4.78 is 47.5. The van der Waals surface area contributed by atoms with Crippen molar-refractivity contribution in [2.45, 2.75) is 25.7 Å². The van der Waals surface area contributed by atoms with Crippen LogP contribution in [0.4, 0.5) is 5.95 Å². The molecule has 0 bridgehead atoms. The van der Waals surface area contributed by atoms with Crippen LogP contribution in [0.25, 0.3) is 23.3 Å². The Hall–Kier alpha value is -3.68. The molecule has 206 valence electrons. The molecule has 0 N–H and O–H groups in total. The molecule has 0 aliphatic heterocycles. The third-order valence-electron chi connectivity index (χ3n) is 5.64. The van der Waals surface area contributed by atoms with E-state index in [4.69, 9.17) is 25.5 Å². The predicted octanol–water partition coefficient (Wildman–Crippen LogP) is 5.13. The number of benzene rings is 1. The maximum Gasteiger partial charge on any atom is 0.259 e. The number of hydrogen-bond acceptors (Lipinski definition) is 9. The van der Waals surface area contributed by atoms with Crippen LogP contribution in [0.15, 0.2) is 58.8 Å². The lowest BCUT2D eigenvalue weighted by molar-refractivity contribution is 0.391. The van der Waals surface area contributed by atoms with Gasteiger partial charge in [0.1, 0.15) is 17.2 Å². The van der Waals surface area contributed by atoms with Gasteiger partial charge in [0.25, 0.3) is 10.0 Å². The number of hydrogen-bond donors (Lipinski definition) is 0. The standard InChI is InChI=1S/C25H29ClN6O5SSi/c1-35-19-8-6-9-20(36-2)23(19)32-24(21-10-7-13-37-21)29-30-25(32)31(12-15-39(3,4)5)38(33,34)14-11-22-27-16-18(26)17-28-22/h6-11,13-14,16-17H,12,15H2,1-5H3/b14-11-. The van der Waals surface area contributed by atoms with Crippen molar-refractivity contribution in [1.29, 1.82) is 0 Å². The number of para-hydroxylation sites is 1. The van der Waals surface area contributed by atoms with Crippen LogP contribution in [0, 0.1) is 0 Å². The summed E-state index contributed by atoms with van der Waals surface area (Å²) in [5.74, 6) is 1.75. The molecule has 0 fully saturated rings. The van der Waals surface area contributed by atoms with E-state index in [-0.39, 0.29) is 24.1 Å². The monoisotopic (exact) mass is 588 g/mol. The van der Waals surface area contributed by atoms with Crippen LogP contribution >= 0.6 is 11.6 Å². The van der Waals surface area contributed by atoms with Crippen LogP contribution in [0.3, 0.4) is 0 Å². The first kappa shape index (κ1) is 28.3. The zero-order valence-electron chi connectivity index (χ0n) is 22.2. The van der Waals surface area contributed by atoms with Crippen molar-refractivity contribution in [1.82, 2.24) is 24.7 Å². The number of anilines is 1. The largest absolute Gasteiger partial charge is 0.494 e. The lowest BCUT2D eigenvalue weighted by Gasteiger charge is -2.26. The topological polar surface area (TPSA) is 125 Å². The molecule has 0 aliphatic carbocycles. The van der Waals surface area contributed by atoms with Gasteiger partial charge in [0.2, 0.25) is 11.8 Å². The SMILES string of the molecule is COc1cccc(OC)c1-n1c(-c2ccco2)nnc1N(CC[Si](C)(C)C)S(=O)(=O)/C=C\c1ncc(Cl)cn1. The summed E-state index contributed by atoms with van der Waals surface area (Å²) in [5, 5.41) is 10.1. The van der Waals surface area contributed by atoms with E-state index < -0.39 is 18.1 Å². The molecule has 0 radical (unpaired) electrons. The van der Waals surface area contributed by atoms with Gasteiger partial charge in [0.05, 0.1) is 30.9 Å². The van der Waals surface area contributed by atoms with Gasteiger partial charge < -0.3 is 13.9 Å². The molecule has 0 aliphatic rings. The quantitative estimate of drug-likeness (QED) is 0.219. The molecular weight excluding hydrogens is 560 g/mol. The van der Waals surface area contributed by atoms with Gasteiger partial charge in [0.15, 0.2) is 11.6 Å². The Morgan fingerprint density at radius 3 is 2.28 bits per heavy atom. The fourth-order valence-electron chi connectivity index (χ4n) is 3.67. The Morgan fingerprint density at radius 2 is 1.72 bits per heavy atom. The average molecular weight is 589 g/mol. The first-order valence-electron chi connectivity index (χ1n) is 11.9. The second-order valence-electron chi connectivity index (χ2n) is 9.64. The van der Waals surface area contributed by atoms with Gasteiger partial charge in [-0.05, 0) is 36.4 Å². The minimum absolute atomic E-state index is 0.0455. The fraction of sp³-hybridized carbons (Fsp3) is 0.280. The summed E-state index contributed by atoms with van der Waals surface area (Å²) in [5.41, 5.74) is 0.423. The van der Waals surface area contributed by atoms with E-state index in [9.17, 15) is 8.42 Å². The van der Waals surface area contributed by atoms with Gasteiger partial charge in [-0.15, -0.1) is 10.2 Å². The molecule has 0 spiro atoms. The summed E-state index contributed by atoms with van der Waals surface area (Å²) >= 11 is 5.87. The van der Waals surface area contributed by atoms with E-state index >= 15 is 0 Å². The molecule has 3 heterocycles. The average Bonchev–Trinajstić information content (AvgIpc) is 3.57. The highest BCUT2D eigenvalue weighted by Gasteiger charge is 2.32. The number of halogens is 1. The van der Waals surface area contributed by atoms with E-state index in [0.717, 1.165) is 5.41 Å². The molecule has 0 unspecified atom stereocenters. The number of rotatable bonds is 11. The van der Waals surface area contributed by atoms with Crippen molar-refractivity contribution in [3.63, 3.8) is 0 Å². The van der Waals surface area contributed by atoms with Crippen molar-refractivity contribution in [3.8, 4) is 28.8 Å². The smallest absolute Gasteiger partial charge is 0.259 e. The Kier molecular flexibility index (Phi) is 8.42. The molecule has 1 aromatic carbocycles. The highest BCUT2D eigenvalue weighted by Crippen LogP contribution is 2.39. The highest BCUT2D eigenvalue weighted by molar-refractivity contribution is 7.95. The van der Waals surface area contributed by atoms with Crippen LogP contribution in [-0.2, 0) is 10.0 Å². The minimum atomic E-state index is -4.10. The van der Waals surface area contributed by atoms with Crippen LogP contribution in [0.1, 0.15) is 5.82 Å². The number of ether oxygens (including phenoxy) is 2. The molecule has 0 saturated heterocycles. The molecule has 14 heteroatoms. The fourth-order valence-corrected chi connectivity index (χ4v) is 5.95. The molecule has 3 aromatic heterocycles. The van der Waals surface area contributed by atoms with Crippen molar-refractivity contribution >= 4 is 41.7 Å². The Labute approximate surface area is 233 Å². The maximum atomic E-state index is 13.9. The predicted molar refractivity (Wildman–Crippen MR) is 153 cm³/mol. The number of furan rings is 1. The number of nitrogens with zero attached hydrogens (tertiary/aromatic N) is 6. The van der Waals surface area contributed by atoms with Gasteiger partial charge in [0, 0.05) is 27.0 Å². The van der Waals surface area contributed by atoms with Gasteiger partial charge in [-0.25, -0.2) is 22.7 Å². The molecule has 0 saturated carbocycles. The highest BCUT2D eigenvalue weighted by atomic mass is 35.5. The Bertz CT molecular complexity index is 1530. The summed E-state index contributed by atoms with van der Waals surface area (Å²) in [7, 11) is -2.77. The molecule has 11 nitrogen and oxygen atoms in total. The second-order valence-corrected chi connectivity index (χ2v) is 17.4. The zero-order valence-corrected chi connectivity index (χ0v) is 24.8. The van der Waals surface area contributed by atoms with E-state index in [1.165, 1.54) is 43.3 Å². The van der Waals surface area contributed by atoms with E-state index in [2.05, 4.69) is 39.8 Å². The molecule has 4 aromatic rings. The van der Waals surface area contributed by atoms with Crippen LogP contribution in [0.2, 0.25) is 30.7 Å². The number of methoxy groups -OCH3 is 2. The van der Waals surface area contributed by atoms with Crippen molar-refractivity contribution < 1.29 is 22.3 Å². The summed E-state index contributed by atoms with van der Waals surface area (Å²) in [6, 6.07) is 9.33. The van der Waals surface area contributed by atoms with E-state index in [0.29, 0.717) is 34.0 Å². The Morgan fingerprint density at radius 1 is 1.05 bits per heavy atom. The third kappa shape index (κ3) is 6.49. The zero-order chi connectivity index (χ0) is 28.2. The van der Waals surface area contributed by atoms with Crippen molar-refractivity contribution in [3.05, 3.63) is 65.2 Å². The molecule has 4 rings (SSSR count). The van der Waals surface area contributed by atoms with Crippen LogP contribution in [-0.4, -0.2) is 62.0 Å². The molecule has 0 atom stereocenters. The van der Waals surface area contributed by atoms with E-state index in [1.54, 1.807) is 34.9 Å². The Balaban J connectivity index is 1.94. The van der Waals surface area contributed by atoms with Gasteiger partial charge in [-0.1, -0.05) is 37.3 Å².